The highest BCUT2D eigenvalue weighted by atomic mass is 19.2. The smallest absolute Gasteiger partial charge is 0.319 e. The van der Waals surface area contributed by atoms with Gasteiger partial charge in [0.1, 0.15) is 0 Å². The van der Waals surface area contributed by atoms with Crippen LogP contribution in [0.5, 0.6) is 0 Å². The number of hydrogen-bond acceptors (Lipinski definition) is 6. The second-order valence-electron chi connectivity index (χ2n) is 11.3. The van der Waals surface area contributed by atoms with E-state index < -0.39 is 35.2 Å². The Balaban J connectivity index is 1.47. The number of hydrogen-bond donors (Lipinski definition) is 4. The molecule has 0 radical (unpaired) electrons. The normalized spacial score (nSPS) is 20.6. The molecule has 1 aliphatic carbocycles. The lowest BCUT2D eigenvalue weighted by atomic mass is 9.69. The Kier molecular flexibility index (Phi) is 7.85. The Labute approximate surface area is 231 Å². The molecule has 1 saturated heterocycles. The molecule has 2 aliphatic rings. The topological polar surface area (TPSA) is 117 Å². The molecular formula is C30H34F2N4O4. The summed E-state index contributed by atoms with van der Waals surface area (Å²) in [5.41, 5.74) is 4.39. The molecule has 3 aromatic rings. The standard InChI is InChI=1S/C30H34F2N4O4/c1-16-10-24(27(17-5-8-40-9-6-17)35-26(16)18-4-7-33-19(11-18)15-37)34-29(39)36-28-20-12-22(31)23(32)13-21(20)30(2,3)14-25(28)38/h4,7,10-13,17,25,28,37-38H,5-6,8-9,14-15H2,1-3H3,(H2,34,36,39)/t25-,28-/m1/s1. The summed E-state index contributed by atoms with van der Waals surface area (Å²) in [6, 6.07) is 6.17. The average molecular weight is 553 g/mol. The van der Waals surface area contributed by atoms with Crippen molar-refractivity contribution in [1.29, 1.82) is 0 Å². The second kappa shape index (κ2) is 11.2. The van der Waals surface area contributed by atoms with Gasteiger partial charge in [-0.2, -0.15) is 0 Å². The van der Waals surface area contributed by atoms with Crippen LogP contribution in [0.4, 0.5) is 19.3 Å². The number of carbonyl (C=O) groups excluding carboxylic acids is 1. The Bertz CT molecular complexity index is 1430. The van der Waals surface area contributed by atoms with Crippen molar-refractivity contribution >= 4 is 11.7 Å². The van der Waals surface area contributed by atoms with Crippen molar-refractivity contribution in [3.63, 3.8) is 0 Å². The first kappa shape index (κ1) is 28.1. The lowest BCUT2D eigenvalue weighted by Crippen LogP contribution is -2.45. The summed E-state index contributed by atoms with van der Waals surface area (Å²) in [5, 5.41) is 26.2. The number of nitrogens with zero attached hydrogens (tertiary/aromatic N) is 2. The molecule has 4 N–H and O–H groups in total. The van der Waals surface area contributed by atoms with E-state index in [4.69, 9.17) is 9.72 Å². The summed E-state index contributed by atoms with van der Waals surface area (Å²) >= 11 is 0. The van der Waals surface area contributed by atoms with Crippen LogP contribution in [-0.2, 0) is 16.8 Å². The maximum Gasteiger partial charge on any atom is 0.319 e. The first-order chi connectivity index (χ1) is 19.1. The fraction of sp³-hybridized carbons (Fsp3) is 0.433. The van der Waals surface area contributed by atoms with Crippen molar-refractivity contribution in [1.82, 2.24) is 15.3 Å². The van der Waals surface area contributed by atoms with Gasteiger partial charge >= 0.3 is 6.03 Å². The van der Waals surface area contributed by atoms with Gasteiger partial charge in [-0.1, -0.05) is 13.8 Å². The summed E-state index contributed by atoms with van der Waals surface area (Å²) in [4.78, 5) is 22.5. The van der Waals surface area contributed by atoms with Gasteiger partial charge in [0, 0.05) is 30.9 Å². The third kappa shape index (κ3) is 5.56. The number of aromatic nitrogens is 2. The van der Waals surface area contributed by atoms with Crippen molar-refractivity contribution in [2.75, 3.05) is 18.5 Å². The molecule has 3 heterocycles. The van der Waals surface area contributed by atoms with Gasteiger partial charge in [-0.15, -0.1) is 0 Å². The molecule has 8 nitrogen and oxygen atoms in total. The molecule has 1 fully saturated rings. The highest BCUT2D eigenvalue weighted by molar-refractivity contribution is 5.91. The maximum absolute atomic E-state index is 14.3. The number of aliphatic hydroxyl groups excluding tert-OH is 2. The van der Waals surface area contributed by atoms with Crippen LogP contribution in [0.1, 0.15) is 73.1 Å². The lowest BCUT2D eigenvalue weighted by molar-refractivity contribution is 0.0846. The zero-order valence-corrected chi connectivity index (χ0v) is 22.8. The predicted octanol–water partition coefficient (Wildman–Crippen LogP) is 5.02. The van der Waals surface area contributed by atoms with Crippen molar-refractivity contribution in [2.45, 2.75) is 70.1 Å². The Morgan fingerprint density at radius 2 is 1.88 bits per heavy atom. The third-order valence-corrected chi connectivity index (χ3v) is 7.90. The number of nitrogens with one attached hydrogen (secondary N) is 2. The van der Waals surface area contributed by atoms with E-state index in [0.29, 0.717) is 41.4 Å². The zero-order chi connectivity index (χ0) is 28.6. The maximum atomic E-state index is 14.3. The van der Waals surface area contributed by atoms with E-state index in [1.807, 2.05) is 32.9 Å². The van der Waals surface area contributed by atoms with Crippen molar-refractivity contribution < 1.29 is 28.5 Å². The third-order valence-electron chi connectivity index (χ3n) is 7.90. The number of amides is 2. The van der Waals surface area contributed by atoms with Gasteiger partial charge in [0.25, 0.3) is 0 Å². The molecule has 2 atom stereocenters. The minimum atomic E-state index is -1.03. The minimum absolute atomic E-state index is 0.0430. The molecule has 0 unspecified atom stereocenters. The van der Waals surface area contributed by atoms with E-state index in [2.05, 4.69) is 15.6 Å². The number of aryl methyl sites for hydroxylation is 1. The molecule has 1 aromatic carbocycles. The molecule has 0 saturated carbocycles. The number of halogens is 2. The van der Waals surface area contributed by atoms with Crippen LogP contribution in [0.15, 0.2) is 36.5 Å². The summed E-state index contributed by atoms with van der Waals surface area (Å²) < 4.78 is 33.9. The first-order valence-electron chi connectivity index (χ1n) is 13.5. The van der Waals surface area contributed by atoms with Crippen LogP contribution in [0.25, 0.3) is 11.3 Å². The zero-order valence-electron chi connectivity index (χ0n) is 22.8. The predicted molar refractivity (Wildman–Crippen MR) is 146 cm³/mol. The monoisotopic (exact) mass is 552 g/mol. The van der Waals surface area contributed by atoms with Crippen molar-refractivity contribution in [2.24, 2.45) is 0 Å². The molecular weight excluding hydrogens is 518 g/mol. The van der Waals surface area contributed by atoms with E-state index in [1.165, 1.54) is 0 Å². The fourth-order valence-electron chi connectivity index (χ4n) is 5.85. The molecule has 0 spiro atoms. The minimum Gasteiger partial charge on any atom is -0.391 e. The largest absolute Gasteiger partial charge is 0.391 e. The van der Waals surface area contributed by atoms with Gasteiger partial charge in [0.05, 0.1) is 41.5 Å². The lowest BCUT2D eigenvalue weighted by Gasteiger charge is -2.40. The van der Waals surface area contributed by atoms with Crippen LogP contribution < -0.4 is 10.6 Å². The molecule has 2 aromatic heterocycles. The number of fused-ring (bicyclic) bond motifs is 1. The van der Waals surface area contributed by atoms with Gasteiger partial charge in [-0.3, -0.25) is 9.97 Å². The van der Waals surface area contributed by atoms with Gasteiger partial charge < -0.3 is 25.6 Å². The number of benzene rings is 1. The van der Waals surface area contributed by atoms with Crippen molar-refractivity contribution in [3.05, 3.63) is 76.2 Å². The molecule has 10 heteroatoms. The number of urea groups is 1. The number of anilines is 1. The summed E-state index contributed by atoms with van der Waals surface area (Å²) in [7, 11) is 0. The van der Waals surface area contributed by atoms with Crippen LogP contribution >= 0.6 is 0 Å². The van der Waals surface area contributed by atoms with E-state index >= 15 is 0 Å². The van der Waals surface area contributed by atoms with E-state index in [9.17, 15) is 23.8 Å². The highest BCUT2D eigenvalue weighted by Crippen LogP contribution is 2.43. The molecule has 40 heavy (non-hydrogen) atoms. The second-order valence-corrected chi connectivity index (χ2v) is 11.3. The van der Waals surface area contributed by atoms with Crippen molar-refractivity contribution in [3.8, 4) is 11.3 Å². The summed E-state index contributed by atoms with van der Waals surface area (Å²) in [6.07, 6.45) is 2.36. The number of ether oxygens (including phenoxy) is 1. The first-order valence-corrected chi connectivity index (χ1v) is 13.5. The summed E-state index contributed by atoms with van der Waals surface area (Å²) in [6.45, 7) is 6.56. The Hall–Kier alpha value is -3.47. The van der Waals surface area contributed by atoms with Gasteiger partial charge in [0.15, 0.2) is 11.6 Å². The number of aliphatic hydroxyl groups is 2. The highest BCUT2D eigenvalue weighted by Gasteiger charge is 2.40. The quantitative estimate of drug-likeness (QED) is 0.353. The van der Waals surface area contributed by atoms with E-state index in [1.54, 1.807) is 12.3 Å². The average Bonchev–Trinajstić information content (AvgIpc) is 2.92. The van der Waals surface area contributed by atoms with E-state index in [0.717, 1.165) is 41.8 Å². The molecule has 0 bridgehead atoms. The van der Waals surface area contributed by atoms with Gasteiger partial charge in [-0.25, -0.2) is 13.6 Å². The van der Waals surface area contributed by atoms with Gasteiger partial charge in [-0.05, 0) is 78.6 Å². The Morgan fingerprint density at radius 3 is 2.60 bits per heavy atom. The van der Waals surface area contributed by atoms with Crippen LogP contribution in [-0.4, -0.2) is 45.5 Å². The number of rotatable bonds is 5. The van der Waals surface area contributed by atoms with Crippen LogP contribution in [0, 0.1) is 18.6 Å². The number of carbonyl (C=O) groups is 1. The molecule has 5 rings (SSSR count). The fourth-order valence-corrected chi connectivity index (χ4v) is 5.85. The molecule has 2 amide bonds. The molecule has 212 valence electrons. The number of pyridine rings is 2. The van der Waals surface area contributed by atoms with Gasteiger partial charge in [0.2, 0.25) is 0 Å². The van der Waals surface area contributed by atoms with E-state index in [-0.39, 0.29) is 18.9 Å². The summed E-state index contributed by atoms with van der Waals surface area (Å²) in [5.74, 6) is -1.95. The van der Waals surface area contributed by atoms with Crippen LogP contribution in [0.2, 0.25) is 0 Å². The van der Waals surface area contributed by atoms with Crippen LogP contribution in [0.3, 0.4) is 0 Å². The SMILES string of the molecule is Cc1cc(NC(=O)N[C@@H]2c3cc(F)c(F)cc3C(C)(C)C[C@H]2O)c(C2CCOCC2)nc1-c1ccnc(CO)c1. The Morgan fingerprint density at radius 1 is 1.15 bits per heavy atom. The molecule has 1 aliphatic heterocycles.